The van der Waals surface area contributed by atoms with Crippen molar-refractivity contribution < 1.29 is 19.2 Å². The molecule has 1 amide bonds. The van der Waals surface area contributed by atoms with E-state index in [1.165, 1.54) is 19.3 Å². The number of ether oxygens (including phenoxy) is 2. The lowest BCUT2D eigenvalue weighted by Gasteiger charge is -2.29. The zero-order valence-corrected chi connectivity index (χ0v) is 15.4. The smallest absolute Gasteiger partial charge is 0.275 e. The van der Waals surface area contributed by atoms with Gasteiger partial charge in [0.15, 0.2) is 18.0 Å². The number of likely N-dealkylation sites (N-methyl/N-ethyl adjacent to an activating group) is 1. The van der Waals surface area contributed by atoms with E-state index in [0.717, 1.165) is 34.9 Å². The molecule has 5 heteroatoms. The summed E-state index contributed by atoms with van der Waals surface area (Å²) in [5.41, 5.74) is 1.13. The monoisotopic (exact) mass is 335 g/mol. The number of benzene rings is 1. The maximum Gasteiger partial charge on any atom is 0.275 e. The summed E-state index contributed by atoms with van der Waals surface area (Å²) in [5.74, 6) is 2.19. The first kappa shape index (κ1) is 18.6. The molecule has 24 heavy (non-hydrogen) atoms. The van der Waals surface area contributed by atoms with Crippen molar-refractivity contribution >= 4 is 5.91 Å². The molecule has 1 aromatic rings. The molecule has 0 bridgehead atoms. The summed E-state index contributed by atoms with van der Waals surface area (Å²) in [6.07, 6.45) is 4.85. The number of nitrogens with one attached hydrogen (secondary N) is 2. The van der Waals surface area contributed by atoms with Gasteiger partial charge in [-0.1, -0.05) is 19.8 Å². The summed E-state index contributed by atoms with van der Waals surface area (Å²) >= 11 is 0. The molecule has 5 nitrogen and oxygen atoms in total. The topological polar surface area (TPSA) is 52.0 Å². The summed E-state index contributed by atoms with van der Waals surface area (Å²) in [6, 6.07) is 6.25. The summed E-state index contributed by atoms with van der Waals surface area (Å²) < 4.78 is 10.6. The van der Waals surface area contributed by atoms with E-state index in [4.69, 9.17) is 9.47 Å². The second-order valence-electron chi connectivity index (χ2n) is 6.94. The zero-order chi connectivity index (χ0) is 17.5. The van der Waals surface area contributed by atoms with Gasteiger partial charge in [0.1, 0.15) is 6.54 Å². The molecule has 2 N–H and O–H groups in total. The average molecular weight is 335 g/mol. The van der Waals surface area contributed by atoms with Crippen molar-refractivity contribution in [2.24, 2.45) is 5.92 Å². The molecule has 1 aliphatic carbocycles. The minimum Gasteiger partial charge on any atom is -0.493 e. The standard InChI is InChI=1S/C19H30N2O3/c1-14-7-5-6-8-16(14)20-19(22)13-21(2)12-15-9-10-17(23-3)18(11-15)24-4/h9-11,14,16H,5-8,12-13H2,1-4H3,(H,20,22)/p+1/t14-,16+/m0/s1. The maximum atomic E-state index is 12.3. The second kappa shape index (κ2) is 8.92. The van der Waals surface area contributed by atoms with Gasteiger partial charge in [-0.3, -0.25) is 4.79 Å². The normalized spacial score (nSPS) is 21.8. The van der Waals surface area contributed by atoms with Crippen LogP contribution in [-0.4, -0.2) is 39.8 Å². The van der Waals surface area contributed by atoms with E-state index in [1.54, 1.807) is 14.2 Å². The Morgan fingerprint density at radius 3 is 2.58 bits per heavy atom. The third-order valence-corrected chi connectivity index (χ3v) is 4.87. The number of methoxy groups -OCH3 is 2. The Labute approximate surface area is 145 Å². The van der Waals surface area contributed by atoms with Crippen LogP contribution >= 0.6 is 0 Å². The van der Waals surface area contributed by atoms with Crippen LogP contribution in [0.25, 0.3) is 0 Å². The predicted octanol–water partition coefficient (Wildman–Crippen LogP) is 1.41. The fourth-order valence-electron chi connectivity index (χ4n) is 3.46. The van der Waals surface area contributed by atoms with E-state index in [2.05, 4.69) is 12.2 Å². The van der Waals surface area contributed by atoms with Crippen LogP contribution in [0.1, 0.15) is 38.2 Å². The molecular formula is C19H31N2O3+. The Morgan fingerprint density at radius 2 is 1.92 bits per heavy atom. The average Bonchev–Trinajstić information content (AvgIpc) is 2.56. The number of carbonyl (C=O) groups excluding carboxylic acids is 1. The van der Waals surface area contributed by atoms with E-state index < -0.39 is 0 Å². The van der Waals surface area contributed by atoms with Gasteiger partial charge in [-0.2, -0.15) is 0 Å². The van der Waals surface area contributed by atoms with Gasteiger partial charge in [0.25, 0.3) is 5.91 Å². The quantitative estimate of drug-likeness (QED) is 0.792. The highest BCUT2D eigenvalue weighted by Gasteiger charge is 2.23. The van der Waals surface area contributed by atoms with Crippen molar-refractivity contribution in [2.45, 2.75) is 45.2 Å². The molecule has 0 aliphatic heterocycles. The van der Waals surface area contributed by atoms with Crippen LogP contribution in [0.5, 0.6) is 11.5 Å². The van der Waals surface area contributed by atoms with Gasteiger partial charge in [-0.05, 0) is 37.0 Å². The Morgan fingerprint density at radius 1 is 1.21 bits per heavy atom. The molecular weight excluding hydrogens is 304 g/mol. The summed E-state index contributed by atoms with van der Waals surface area (Å²) in [5, 5.41) is 3.22. The van der Waals surface area contributed by atoms with E-state index >= 15 is 0 Å². The fourth-order valence-corrected chi connectivity index (χ4v) is 3.46. The first-order valence-corrected chi connectivity index (χ1v) is 8.85. The Hall–Kier alpha value is -1.75. The largest absolute Gasteiger partial charge is 0.493 e. The molecule has 0 aromatic heterocycles. The third-order valence-electron chi connectivity index (χ3n) is 4.87. The molecule has 1 aromatic carbocycles. The second-order valence-corrected chi connectivity index (χ2v) is 6.94. The highest BCUT2D eigenvalue weighted by molar-refractivity contribution is 5.77. The van der Waals surface area contributed by atoms with Crippen LogP contribution in [0.4, 0.5) is 0 Å². The van der Waals surface area contributed by atoms with Gasteiger partial charge in [-0.25, -0.2) is 0 Å². The molecule has 1 unspecified atom stereocenters. The van der Waals surface area contributed by atoms with Crippen LogP contribution in [-0.2, 0) is 11.3 Å². The number of amides is 1. The van der Waals surface area contributed by atoms with E-state index in [1.807, 2.05) is 25.2 Å². The highest BCUT2D eigenvalue weighted by atomic mass is 16.5. The molecule has 0 spiro atoms. The molecule has 3 atom stereocenters. The molecule has 0 radical (unpaired) electrons. The van der Waals surface area contributed by atoms with Crippen LogP contribution in [0.15, 0.2) is 18.2 Å². The zero-order valence-electron chi connectivity index (χ0n) is 15.4. The maximum absolute atomic E-state index is 12.3. The molecule has 0 saturated heterocycles. The van der Waals surface area contributed by atoms with Crippen LogP contribution in [0, 0.1) is 5.92 Å². The molecule has 0 heterocycles. The first-order valence-electron chi connectivity index (χ1n) is 8.85. The number of hydrogen-bond acceptors (Lipinski definition) is 3. The molecule has 1 saturated carbocycles. The molecule has 2 rings (SSSR count). The van der Waals surface area contributed by atoms with Crippen molar-refractivity contribution in [3.8, 4) is 11.5 Å². The van der Waals surface area contributed by atoms with Crippen molar-refractivity contribution in [1.82, 2.24) is 5.32 Å². The van der Waals surface area contributed by atoms with Gasteiger partial charge in [0.2, 0.25) is 0 Å². The Balaban J connectivity index is 1.86. The number of hydrogen-bond donors (Lipinski definition) is 2. The van der Waals surface area contributed by atoms with Crippen LogP contribution in [0.2, 0.25) is 0 Å². The number of carbonyl (C=O) groups is 1. The Bertz CT molecular complexity index is 547. The minimum absolute atomic E-state index is 0.145. The highest BCUT2D eigenvalue weighted by Crippen LogP contribution is 2.27. The van der Waals surface area contributed by atoms with Crippen molar-refractivity contribution in [3.05, 3.63) is 23.8 Å². The number of rotatable bonds is 7. The van der Waals surface area contributed by atoms with Gasteiger partial charge in [-0.15, -0.1) is 0 Å². The lowest BCUT2D eigenvalue weighted by atomic mass is 9.86. The van der Waals surface area contributed by atoms with E-state index in [-0.39, 0.29) is 5.91 Å². The summed E-state index contributed by atoms with van der Waals surface area (Å²) in [4.78, 5) is 13.5. The number of quaternary nitrogens is 1. The molecule has 1 fully saturated rings. The van der Waals surface area contributed by atoms with Crippen molar-refractivity contribution in [3.63, 3.8) is 0 Å². The van der Waals surface area contributed by atoms with Crippen molar-refractivity contribution in [2.75, 3.05) is 27.8 Å². The minimum atomic E-state index is 0.145. The van der Waals surface area contributed by atoms with Gasteiger partial charge >= 0.3 is 0 Å². The Kier molecular flexibility index (Phi) is 6.91. The van der Waals surface area contributed by atoms with Crippen LogP contribution in [0.3, 0.4) is 0 Å². The summed E-state index contributed by atoms with van der Waals surface area (Å²) in [6.45, 7) is 3.50. The molecule has 1 aliphatic rings. The summed E-state index contributed by atoms with van der Waals surface area (Å²) in [7, 11) is 5.31. The van der Waals surface area contributed by atoms with Crippen LogP contribution < -0.4 is 19.7 Å². The third kappa shape index (κ3) is 5.13. The lowest BCUT2D eigenvalue weighted by molar-refractivity contribution is -0.885. The first-order chi connectivity index (χ1) is 11.5. The van der Waals surface area contributed by atoms with E-state index in [9.17, 15) is 4.79 Å². The van der Waals surface area contributed by atoms with Crippen molar-refractivity contribution in [1.29, 1.82) is 0 Å². The predicted molar refractivity (Wildman–Crippen MR) is 94.6 cm³/mol. The lowest BCUT2D eigenvalue weighted by Crippen LogP contribution is -3.09. The van der Waals surface area contributed by atoms with Gasteiger partial charge in [0, 0.05) is 11.6 Å². The SMILES string of the molecule is COc1ccc(C[NH+](C)CC(=O)N[C@@H]2CCCC[C@@H]2C)cc1OC. The molecule has 134 valence electrons. The van der Waals surface area contributed by atoms with Gasteiger partial charge < -0.3 is 19.7 Å². The van der Waals surface area contributed by atoms with Gasteiger partial charge in [0.05, 0.1) is 21.3 Å². The van der Waals surface area contributed by atoms with E-state index in [0.29, 0.717) is 18.5 Å². The fraction of sp³-hybridized carbons (Fsp3) is 0.632.